The third-order valence-electron chi connectivity index (χ3n) is 2.71. The van der Waals surface area contributed by atoms with Crippen LogP contribution in [0.4, 0.5) is 0 Å². The highest BCUT2D eigenvalue weighted by Crippen LogP contribution is 1.87. The van der Waals surface area contributed by atoms with E-state index in [0.29, 0.717) is 19.8 Å². The molecule has 0 radical (unpaired) electrons. The van der Waals surface area contributed by atoms with E-state index in [2.05, 4.69) is 27.5 Å². The van der Waals surface area contributed by atoms with Gasteiger partial charge < -0.3 is 24.7 Å². The van der Waals surface area contributed by atoms with Gasteiger partial charge in [-0.3, -0.25) is 4.99 Å². The van der Waals surface area contributed by atoms with E-state index in [1.165, 1.54) is 0 Å². The average molecular weight is 297 g/mol. The molecule has 0 aliphatic heterocycles. The Labute approximate surface area is 126 Å². The minimum absolute atomic E-state index is 0.641. The van der Waals surface area contributed by atoms with E-state index in [-0.39, 0.29) is 0 Å². The number of rotatable bonds is 11. The van der Waals surface area contributed by atoms with E-state index in [1.807, 2.05) is 17.1 Å². The zero-order valence-electron chi connectivity index (χ0n) is 13.0. The molecule has 1 aromatic rings. The Morgan fingerprint density at radius 1 is 1.29 bits per heavy atom. The van der Waals surface area contributed by atoms with Crippen molar-refractivity contribution in [3.63, 3.8) is 0 Å². The topological polar surface area (TPSA) is 72.7 Å². The first-order chi connectivity index (χ1) is 10.4. The van der Waals surface area contributed by atoms with Gasteiger partial charge in [0.2, 0.25) is 0 Å². The largest absolute Gasteiger partial charge is 0.382 e. The Kier molecular flexibility index (Phi) is 10.1. The fourth-order valence-electron chi connectivity index (χ4n) is 1.67. The predicted octanol–water partition coefficient (Wildman–Crippen LogP) is 0.491. The molecular weight excluding hydrogens is 270 g/mol. The van der Waals surface area contributed by atoms with E-state index in [1.54, 1.807) is 13.3 Å². The van der Waals surface area contributed by atoms with E-state index in [9.17, 15) is 0 Å². The Morgan fingerprint density at radius 3 is 2.90 bits per heavy atom. The highest BCUT2D eigenvalue weighted by Gasteiger charge is 1.97. The second-order valence-corrected chi connectivity index (χ2v) is 4.45. The van der Waals surface area contributed by atoms with Gasteiger partial charge >= 0.3 is 0 Å². The van der Waals surface area contributed by atoms with E-state index >= 15 is 0 Å². The van der Waals surface area contributed by atoms with Crippen LogP contribution in [0.15, 0.2) is 23.7 Å². The summed E-state index contributed by atoms with van der Waals surface area (Å²) in [5.74, 6) is 0.842. The van der Waals surface area contributed by atoms with Crippen LogP contribution in [0.3, 0.4) is 0 Å². The summed E-state index contributed by atoms with van der Waals surface area (Å²) in [6.45, 7) is 7.32. The van der Waals surface area contributed by atoms with Crippen LogP contribution in [0.25, 0.3) is 0 Å². The van der Waals surface area contributed by atoms with Gasteiger partial charge in [0, 0.05) is 52.3 Å². The molecule has 0 aliphatic rings. The van der Waals surface area contributed by atoms with Crippen molar-refractivity contribution in [3.8, 4) is 0 Å². The van der Waals surface area contributed by atoms with Crippen LogP contribution < -0.4 is 10.6 Å². The molecule has 0 saturated heterocycles. The third kappa shape index (κ3) is 9.04. The molecule has 0 unspecified atom stereocenters. The van der Waals surface area contributed by atoms with Crippen molar-refractivity contribution in [3.05, 3.63) is 18.7 Å². The zero-order chi connectivity index (χ0) is 15.2. The summed E-state index contributed by atoms with van der Waals surface area (Å²) in [6, 6.07) is 0. The summed E-state index contributed by atoms with van der Waals surface area (Å²) < 4.78 is 12.3. The number of imidazole rings is 1. The number of hydrogen-bond acceptors (Lipinski definition) is 4. The van der Waals surface area contributed by atoms with Crippen LogP contribution >= 0.6 is 0 Å². The lowest BCUT2D eigenvalue weighted by Crippen LogP contribution is -2.38. The summed E-state index contributed by atoms with van der Waals surface area (Å²) in [5, 5.41) is 6.53. The fraction of sp³-hybridized carbons (Fsp3) is 0.714. The Hall–Kier alpha value is -1.60. The first-order valence-corrected chi connectivity index (χ1v) is 7.41. The second kappa shape index (κ2) is 12.2. The number of ether oxygens (including phenoxy) is 2. The van der Waals surface area contributed by atoms with Gasteiger partial charge in [-0.15, -0.1) is 0 Å². The molecule has 0 bridgehead atoms. The van der Waals surface area contributed by atoms with Gasteiger partial charge in [-0.25, -0.2) is 4.98 Å². The van der Waals surface area contributed by atoms with Crippen molar-refractivity contribution in [1.82, 2.24) is 20.2 Å². The van der Waals surface area contributed by atoms with Gasteiger partial charge in [0.25, 0.3) is 0 Å². The van der Waals surface area contributed by atoms with Gasteiger partial charge in [0.1, 0.15) is 0 Å². The molecule has 0 aromatic carbocycles. The molecule has 120 valence electrons. The number of aromatic nitrogens is 2. The van der Waals surface area contributed by atoms with Crippen molar-refractivity contribution in [2.75, 3.05) is 46.6 Å². The summed E-state index contributed by atoms with van der Waals surface area (Å²) in [6.07, 6.45) is 6.44. The van der Waals surface area contributed by atoms with Gasteiger partial charge in [-0.05, 0) is 13.3 Å². The molecule has 0 spiro atoms. The van der Waals surface area contributed by atoms with Gasteiger partial charge in [-0.2, -0.15) is 0 Å². The summed E-state index contributed by atoms with van der Waals surface area (Å²) >= 11 is 0. The highest BCUT2D eigenvalue weighted by molar-refractivity contribution is 5.79. The van der Waals surface area contributed by atoms with E-state index in [0.717, 1.165) is 38.6 Å². The third-order valence-corrected chi connectivity index (χ3v) is 2.71. The number of nitrogens with zero attached hydrogens (tertiary/aromatic N) is 3. The molecule has 7 nitrogen and oxygen atoms in total. The fourth-order valence-corrected chi connectivity index (χ4v) is 1.67. The van der Waals surface area contributed by atoms with Gasteiger partial charge in [-0.1, -0.05) is 0 Å². The summed E-state index contributed by atoms with van der Waals surface area (Å²) in [4.78, 5) is 8.52. The molecule has 1 aromatic heterocycles. The van der Waals surface area contributed by atoms with Crippen molar-refractivity contribution in [1.29, 1.82) is 0 Å². The Balaban J connectivity index is 2.13. The standard InChI is InChI=1S/C14H27N5O2/c1-3-16-14(17-5-4-10-21-12-11-20-2)18-7-9-19-8-6-15-13-19/h6,8,13H,3-5,7,9-12H2,1-2H3,(H2,16,17,18). The molecule has 0 aliphatic carbocycles. The minimum atomic E-state index is 0.641. The molecule has 0 atom stereocenters. The first-order valence-electron chi connectivity index (χ1n) is 7.41. The quantitative estimate of drug-likeness (QED) is 0.353. The maximum atomic E-state index is 5.40. The second-order valence-electron chi connectivity index (χ2n) is 4.45. The normalized spacial score (nSPS) is 11.6. The maximum Gasteiger partial charge on any atom is 0.191 e. The van der Waals surface area contributed by atoms with Crippen LogP contribution in [0.1, 0.15) is 13.3 Å². The van der Waals surface area contributed by atoms with E-state index < -0.39 is 0 Å². The van der Waals surface area contributed by atoms with Gasteiger partial charge in [0.15, 0.2) is 5.96 Å². The van der Waals surface area contributed by atoms with Crippen LogP contribution in [0.5, 0.6) is 0 Å². The molecule has 2 N–H and O–H groups in total. The lowest BCUT2D eigenvalue weighted by molar-refractivity contribution is 0.0702. The minimum Gasteiger partial charge on any atom is -0.382 e. The van der Waals surface area contributed by atoms with Crippen molar-refractivity contribution < 1.29 is 9.47 Å². The smallest absolute Gasteiger partial charge is 0.191 e. The van der Waals surface area contributed by atoms with Crippen LogP contribution in [-0.4, -0.2) is 62.1 Å². The number of guanidine groups is 1. The number of nitrogens with one attached hydrogen (secondary N) is 2. The Morgan fingerprint density at radius 2 is 2.19 bits per heavy atom. The zero-order valence-corrected chi connectivity index (χ0v) is 13.0. The van der Waals surface area contributed by atoms with Crippen molar-refractivity contribution >= 4 is 5.96 Å². The molecule has 1 heterocycles. The van der Waals surface area contributed by atoms with Crippen LogP contribution in [0.2, 0.25) is 0 Å². The van der Waals surface area contributed by atoms with Gasteiger partial charge in [0.05, 0.1) is 19.5 Å². The number of aliphatic imine (C=N–C) groups is 1. The van der Waals surface area contributed by atoms with Crippen LogP contribution in [0, 0.1) is 0 Å². The molecule has 0 fully saturated rings. The average Bonchev–Trinajstić information content (AvgIpc) is 2.99. The molecule has 0 amide bonds. The lowest BCUT2D eigenvalue weighted by Gasteiger charge is -2.11. The summed E-state index contributed by atoms with van der Waals surface area (Å²) in [7, 11) is 1.67. The first kappa shape index (κ1) is 17.5. The molecule has 0 saturated carbocycles. The molecule has 7 heteroatoms. The van der Waals surface area contributed by atoms with Crippen LogP contribution in [-0.2, 0) is 16.0 Å². The number of hydrogen-bond donors (Lipinski definition) is 2. The Bertz CT molecular complexity index is 367. The molecule has 21 heavy (non-hydrogen) atoms. The lowest BCUT2D eigenvalue weighted by atomic mass is 10.4. The molecular formula is C14H27N5O2. The highest BCUT2D eigenvalue weighted by atomic mass is 16.5. The maximum absolute atomic E-state index is 5.40. The SMILES string of the molecule is CCNC(=NCCCOCCOC)NCCn1ccnc1. The monoisotopic (exact) mass is 297 g/mol. The number of methoxy groups -OCH3 is 1. The molecule has 1 rings (SSSR count). The summed E-state index contributed by atoms with van der Waals surface area (Å²) in [5.41, 5.74) is 0. The van der Waals surface area contributed by atoms with Crippen molar-refractivity contribution in [2.24, 2.45) is 4.99 Å². The van der Waals surface area contributed by atoms with E-state index in [4.69, 9.17) is 9.47 Å². The predicted molar refractivity (Wildman–Crippen MR) is 83.5 cm³/mol. The van der Waals surface area contributed by atoms with Crippen molar-refractivity contribution in [2.45, 2.75) is 19.9 Å².